The molecule has 4 aliphatic rings. The Bertz CT molecular complexity index is 548. The highest BCUT2D eigenvalue weighted by atomic mass is 14.6. The van der Waals surface area contributed by atoms with Crippen LogP contribution in [0.25, 0.3) is 0 Å². The average Bonchev–Trinajstić information content (AvgIpc) is 2.74. The molecule has 0 spiro atoms. The van der Waals surface area contributed by atoms with Crippen LogP contribution in [0.2, 0.25) is 0 Å². The quantitative estimate of drug-likeness (QED) is 0.485. The van der Waals surface area contributed by atoms with Crippen molar-refractivity contribution in [1.82, 2.24) is 0 Å². The third-order valence-corrected chi connectivity index (χ3v) is 8.97. The normalized spacial score (nSPS) is 37.0. The molecule has 0 aliphatic heterocycles. The lowest BCUT2D eigenvalue weighted by Crippen LogP contribution is -2.46. The second-order valence-electron chi connectivity index (χ2n) is 10.1. The van der Waals surface area contributed by atoms with Gasteiger partial charge in [-0.15, -0.1) is 0 Å². The fourth-order valence-electron chi connectivity index (χ4n) is 6.90. The summed E-state index contributed by atoms with van der Waals surface area (Å²) in [5.74, 6) is 1.88. The Hall–Kier alpha value is -0.780. The molecule has 0 aromatic heterocycles. The Labute approximate surface area is 162 Å². The van der Waals surface area contributed by atoms with Gasteiger partial charge < -0.3 is 0 Å². The minimum absolute atomic E-state index is 0.755. The standard InChI is InChI=1S/C26H40/c1-3-5-14-25-15-18-26(19-16-25,20-17-25)24-12-10-23(11-13-24)22-8-6-21(4-2)7-9-22/h6-9,23-24H,3-5,10-20H2,1-2H3. The van der Waals surface area contributed by atoms with E-state index in [1.54, 1.807) is 44.1 Å². The number of benzene rings is 1. The lowest BCUT2D eigenvalue weighted by atomic mass is 9.47. The summed E-state index contributed by atoms with van der Waals surface area (Å²) in [5, 5.41) is 0. The van der Waals surface area contributed by atoms with Crippen molar-refractivity contribution in [2.45, 2.75) is 110 Å². The first-order chi connectivity index (χ1) is 12.7. The van der Waals surface area contributed by atoms with Gasteiger partial charge in [-0.2, -0.15) is 0 Å². The number of rotatable bonds is 6. The van der Waals surface area contributed by atoms with Gasteiger partial charge in [-0.1, -0.05) is 51.0 Å². The Morgan fingerprint density at radius 2 is 1.42 bits per heavy atom. The van der Waals surface area contributed by atoms with Gasteiger partial charge in [0.05, 0.1) is 0 Å². The summed E-state index contributed by atoms with van der Waals surface area (Å²) < 4.78 is 0. The zero-order valence-electron chi connectivity index (χ0n) is 17.4. The highest BCUT2D eigenvalue weighted by Gasteiger charge is 2.51. The maximum atomic E-state index is 2.42. The van der Waals surface area contributed by atoms with Gasteiger partial charge in [0.2, 0.25) is 0 Å². The van der Waals surface area contributed by atoms with Crippen LogP contribution in [0.1, 0.15) is 114 Å². The first-order valence-corrected chi connectivity index (χ1v) is 11.8. The van der Waals surface area contributed by atoms with Gasteiger partial charge in [-0.25, -0.2) is 0 Å². The van der Waals surface area contributed by atoms with Gasteiger partial charge >= 0.3 is 0 Å². The first-order valence-electron chi connectivity index (χ1n) is 11.8. The van der Waals surface area contributed by atoms with Crippen LogP contribution in [-0.4, -0.2) is 0 Å². The van der Waals surface area contributed by atoms with E-state index in [-0.39, 0.29) is 0 Å². The van der Waals surface area contributed by atoms with E-state index in [2.05, 4.69) is 38.1 Å². The molecule has 0 heteroatoms. The lowest BCUT2D eigenvalue weighted by molar-refractivity contribution is -0.0629. The van der Waals surface area contributed by atoms with Gasteiger partial charge in [0.25, 0.3) is 0 Å². The molecule has 26 heavy (non-hydrogen) atoms. The van der Waals surface area contributed by atoms with Crippen molar-refractivity contribution in [3.8, 4) is 0 Å². The molecule has 0 saturated heterocycles. The molecule has 0 nitrogen and oxygen atoms in total. The molecule has 0 radical (unpaired) electrons. The summed E-state index contributed by atoms with van der Waals surface area (Å²) >= 11 is 0. The van der Waals surface area contributed by atoms with Crippen molar-refractivity contribution in [1.29, 1.82) is 0 Å². The lowest BCUT2D eigenvalue weighted by Gasteiger charge is -2.58. The van der Waals surface area contributed by atoms with E-state index in [1.807, 2.05) is 0 Å². The van der Waals surface area contributed by atoms with Crippen LogP contribution in [0.4, 0.5) is 0 Å². The van der Waals surface area contributed by atoms with E-state index < -0.39 is 0 Å². The van der Waals surface area contributed by atoms with Crippen LogP contribution in [0.5, 0.6) is 0 Å². The van der Waals surface area contributed by atoms with Crippen molar-refractivity contribution < 1.29 is 0 Å². The summed E-state index contributed by atoms with van der Waals surface area (Å²) in [7, 11) is 0. The maximum absolute atomic E-state index is 2.42. The fraction of sp³-hybridized carbons (Fsp3) is 0.769. The van der Waals surface area contributed by atoms with Crippen LogP contribution >= 0.6 is 0 Å². The summed E-state index contributed by atoms with van der Waals surface area (Å²) in [6.07, 6.45) is 20.8. The average molecular weight is 353 g/mol. The van der Waals surface area contributed by atoms with E-state index >= 15 is 0 Å². The molecule has 1 aromatic carbocycles. The second-order valence-corrected chi connectivity index (χ2v) is 10.1. The molecule has 2 bridgehead atoms. The predicted molar refractivity (Wildman–Crippen MR) is 113 cm³/mol. The third kappa shape index (κ3) is 3.50. The predicted octanol–water partition coefficient (Wildman–Crippen LogP) is 8.05. The van der Waals surface area contributed by atoms with Crippen LogP contribution in [0, 0.1) is 16.7 Å². The van der Waals surface area contributed by atoms with Gasteiger partial charge in [0.15, 0.2) is 0 Å². The first kappa shape index (κ1) is 18.6. The number of fused-ring (bicyclic) bond motifs is 3. The van der Waals surface area contributed by atoms with Crippen molar-refractivity contribution >= 4 is 0 Å². The van der Waals surface area contributed by atoms with Crippen molar-refractivity contribution in [3.05, 3.63) is 35.4 Å². The third-order valence-electron chi connectivity index (χ3n) is 8.97. The monoisotopic (exact) mass is 352 g/mol. The Morgan fingerprint density at radius 3 is 1.96 bits per heavy atom. The van der Waals surface area contributed by atoms with E-state index in [0.29, 0.717) is 0 Å². The Balaban J connectivity index is 1.34. The molecular weight excluding hydrogens is 312 g/mol. The van der Waals surface area contributed by atoms with E-state index in [1.165, 1.54) is 50.5 Å². The summed E-state index contributed by atoms with van der Waals surface area (Å²) in [6, 6.07) is 9.56. The van der Waals surface area contributed by atoms with Gasteiger partial charge in [0.1, 0.15) is 0 Å². The van der Waals surface area contributed by atoms with E-state index in [9.17, 15) is 0 Å². The van der Waals surface area contributed by atoms with Crippen molar-refractivity contribution in [3.63, 3.8) is 0 Å². The molecule has 144 valence electrons. The number of hydrogen-bond donors (Lipinski definition) is 0. The fourth-order valence-corrected chi connectivity index (χ4v) is 6.90. The summed E-state index contributed by atoms with van der Waals surface area (Å²) in [6.45, 7) is 4.62. The molecule has 4 aliphatic carbocycles. The largest absolute Gasteiger partial charge is 0.0654 e. The van der Waals surface area contributed by atoms with Gasteiger partial charge in [-0.05, 0) is 111 Å². The number of unbranched alkanes of at least 4 members (excludes halogenated alkanes) is 1. The minimum Gasteiger partial charge on any atom is -0.0654 e. The van der Waals surface area contributed by atoms with E-state index in [4.69, 9.17) is 0 Å². The molecule has 5 rings (SSSR count). The van der Waals surface area contributed by atoms with Gasteiger partial charge in [0, 0.05) is 0 Å². The summed E-state index contributed by atoms with van der Waals surface area (Å²) in [5.41, 5.74) is 4.63. The minimum atomic E-state index is 0.755. The number of hydrogen-bond acceptors (Lipinski definition) is 0. The molecule has 0 atom stereocenters. The molecule has 4 saturated carbocycles. The molecular formula is C26H40. The molecule has 0 N–H and O–H groups in total. The van der Waals surface area contributed by atoms with Crippen LogP contribution < -0.4 is 0 Å². The van der Waals surface area contributed by atoms with Crippen molar-refractivity contribution in [2.75, 3.05) is 0 Å². The Kier molecular flexibility index (Phi) is 5.49. The van der Waals surface area contributed by atoms with Crippen LogP contribution in [0.15, 0.2) is 24.3 Å². The zero-order chi connectivity index (χ0) is 18.0. The second kappa shape index (κ2) is 7.69. The van der Waals surface area contributed by atoms with E-state index in [0.717, 1.165) is 29.1 Å². The van der Waals surface area contributed by atoms with Gasteiger partial charge in [-0.3, -0.25) is 0 Å². The molecule has 1 aromatic rings. The molecule has 4 fully saturated rings. The topological polar surface area (TPSA) is 0 Å². The molecule has 0 amide bonds. The van der Waals surface area contributed by atoms with Crippen molar-refractivity contribution in [2.24, 2.45) is 16.7 Å². The van der Waals surface area contributed by atoms with Crippen LogP contribution in [0.3, 0.4) is 0 Å². The Morgan fingerprint density at radius 1 is 0.808 bits per heavy atom. The summed E-state index contributed by atoms with van der Waals surface area (Å²) in [4.78, 5) is 0. The zero-order valence-corrected chi connectivity index (χ0v) is 17.4. The SMILES string of the molecule is CCCCC12CCC(C3CCC(c4ccc(CC)cc4)CC3)(CC1)CC2. The smallest absolute Gasteiger partial charge is 0.0162 e. The highest BCUT2D eigenvalue weighted by molar-refractivity contribution is 5.26. The molecule has 0 heterocycles. The highest BCUT2D eigenvalue weighted by Crippen LogP contribution is 2.63. The van der Waals surface area contributed by atoms with Crippen LogP contribution in [-0.2, 0) is 6.42 Å². The number of aryl methyl sites for hydroxylation is 1. The molecule has 0 unspecified atom stereocenters. The maximum Gasteiger partial charge on any atom is -0.0162 e.